The van der Waals surface area contributed by atoms with Gasteiger partial charge in [0.2, 0.25) is 0 Å². The summed E-state index contributed by atoms with van der Waals surface area (Å²) in [7, 11) is 0. The lowest BCUT2D eigenvalue weighted by Crippen LogP contribution is -1.79. The number of rotatable bonds is 7. The molecule has 0 spiro atoms. The summed E-state index contributed by atoms with van der Waals surface area (Å²) in [6, 6.07) is 0. The van der Waals surface area contributed by atoms with E-state index < -0.39 is 0 Å². The topological polar surface area (TPSA) is 66.7 Å². The van der Waals surface area contributed by atoms with Crippen LogP contribution in [0.25, 0.3) is 0 Å². The maximum atomic E-state index is 9.89. The molecule has 0 unspecified atom stereocenters. The summed E-state index contributed by atoms with van der Waals surface area (Å²) < 4.78 is 0. The van der Waals surface area contributed by atoms with Crippen molar-refractivity contribution in [2.45, 2.75) is 51.9 Å². The van der Waals surface area contributed by atoms with Crippen LogP contribution >= 0.6 is 0 Å². The van der Waals surface area contributed by atoms with E-state index in [-0.39, 0.29) is 0 Å². The normalized spacial score (nSPS) is 8.38. The minimum Gasteiger partial charge on any atom is -0.379 e. The van der Waals surface area contributed by atoms with E-state index in [9.17, 15) is 4.79 Å². The van der Waals surface area contributed by atoms with E-state index in [0.29, 0.717) is 0 Å². The molecule has 0 heterocycles. The van der Waals surface area contributed by atoms with Crippen LogP contribution in [0.3, 0.4) is 0 Å². The molecule has 0 aromatic carbocycles. The molecule has 0 atom stereocenters. The monoisotopic (exact) mass is 189 g/mol. The highest BCUT2D eigenvalue weighted by molar-refractivity contribution is 5.48. The molecule has 0 aliphatic rings. The number of hydrogen-bond donors (Lipinski definition) is 1. The van der Waals surface area contributed by atoms with Crippen molar-refractivity contribution in [3.63, 3.8) is 0 Å². The summed E-state index contributed by atoms with van der Waals surface area (Å²) in [5.74, 6) is 0. The average Bonchev–Trinajstić information content (AvgIpc) is 2.13. The van der Waals surface area contributed by atoms with Crippen LogP contribution in [0.5, 0.6) is 0 Å². The number of nitrogens with zero attached hydrogens (tertiary/aromatic N) is 1. The number of hydrogen-bond acceptors (Lipinski definition) is 3. The average molecular weight is 189 g/mol. The zero-order valence-electron chi connectivity index (χ0n) is 8.24. The summed E-state index contributed by atoms with van der Waals surface area (Å²) in [5, 5.41) is 7.89. The second-order valence-corrected chi connectivity index (χ2v) is 2.80. The van der Waals surface area contributed by atoms with E-state index in [4.69, 9.17) is 10.1 Å². The van der Waals surface area contributed by atoms with Crippen molar-refractivity contribution in [1.82, 2.24) is 0 Å². The smallest absolute Gasteiger partial charge is 0.152 e. The fourth-order valence-corrected chi connectivity index (χ4v) is 1.01. The standard InChI is InChI=1S/C9H18O.HNO2/c1-2-3-4-5-6-7-8-9-10;2-1-3/h9H,2-8H2,1H3;(H,2,3). The zero-order valence-corrected chi connectivity index (χ0v) is 8.24. The zero-order chi connectivity index (χ0) is 10.4. The fourth-order valence-electron chi connectivity index (χ4n) is 1.01. The quantitative estimate of drug-likeness (QED) is 0.289. The van der Waals surface area contributed by atoms with Crippen molar-refractivity contribution < 1.29 is 10.0 Å². The number of aldehydes is 1. The summed E-state index contributed by atoms with van der Waals surface area (Å²) in [5.41, 5.74) is 0. The number of carbonyl (C=O) groups is 1. The van der Waals surface area contributed by atoms with Crippen molar-refractivity contribution in [2.24, 2.45) is 5.34 Å². The van der Waals surface area contributed by atoms with E-state index >= 15 is 0 Å². The fraction of sp³-hybridized carbons (Fsp3) is 0.889. The van der Waals surface area contributed by atoms with Gasteiger partial charge in [-0.05, 0) is 6.42 Å². The molecule has 0 bridgehead atoms. The molecule has 13 heavy (non-hydrogen) atoms. The summed E-state index contributed by atoms with van der Waals surface area (Å²) in [6.07, 6.45) is 9.39. The van der Waals surface area contributed by atoms with Crippen LogP contribution < -0.4 is 0 Å². The molecule has 0 aliphatic heterocycles. The lowest BCUT2D eigenvalue weighted by molar-refractivity contribution is -0.107. The van der Waals surface area contributed by atoms with Crippen molar-refractivity contribution in [3.8, 4) is 0 Å². The van der Waals surface area contributed by atoms with Gasteiger partial charge in [0.1, 0.15) is 6.29 Å². The van der Waals surface area contributed by atoms with Crippen LogP contribution in [0.4, 0.5) is 0 Å². The Kier molecular flexibility index (Phi) is 19.3. The molecule has 4 nitrogen and oxygen atoms in total. The van der Waals surface area contributed by atoms with Crippen LogP contribution in [-0.2, 0) is 4.79 Å². The Balaban J connectivity index is 0. The van der Waals surface area contributed by atoms with Gasteiger partial charge in [0, 0.05) is 6.42 Å². The van der Waals surface area contributed by atoms with Crippen LogP contribution in [0, 0.1) is 4.91 Å². The van der Waals surface area contributed by atoms with E-state index in [1.54, 1.807) is 0 Å². The highest BCUT2D eigenvalue weighted by atomic mass is 16.6. The molecule has 0 saturated heterocycles. The molecule has 78 valence electrons. The van der Waals surface area contributed by atoms with Crippen LogP contribution in [-0.4, -0.2) is 11.5 Å². The predicted molar refractivity (Wildman–Crippen MR) is 51.6 cm³/mol. The molecule has 4 heteroatoms. The van der Waals surface area contributed by atoms with Crippen molar-refractivity contribution >= 4 is 6.29 Å². The maximum Gasteiger partial charge on any atom is 0.152 e. The van der Waals surface area contributed by atoms with Crippen LogP contribution in [0.2, 0.25) is 0 Å². The van der Waals surface area contributed by atoms with E-state index in [0.717, 1.165) is 19.1 Å². The highest BCUT2D eigenvalue weighted by Gasteiger charge is 1.87. The third kappa shape index (κ3) is 24.7. The van der Waals surface area contributed by atoms with Gasteiger partial charge in [0.25, 0.3) is 0 Å². The molecular weight excluding hydrogens is 170 g/mol. The molecule has 1 N–H and O–H groups in total. The second-order valence-electron chi connectivity index (χ2n) is 2.80. The third-order valence-corrected chi connectivity index (χ3v) is 1.68. The largest absolute Gasteiger partial charge is 0.379 e. The van der Waals surface area contributed by atoms with Crippen LogP contribution in [0.15, 0.2) is 5.34 Å². The van der Waals surface area contributed by atoms with Crippen molar-refractivity contribution in [3.05, 3.63) is 4.91 Å². The molecule has 0 aromatic heterocycles. The van der Waals surface area contributed by atoms with Crippen LogP contribution in [0.1, 0.15) is 51.9 Å². The van der Waals surface area contributed by atoms with Gasteiger partial charge in [-0.3, -0.25) is 0 Å². The number of carbonyl (C=O) groups excluding carboxylic acids is 1. The lowest BCUT2D eigenvalue weighted by Gasteiger charge is -1.95. The van der Waals surface area contributed by atoms with Gasteiger partial charge in [0.05, 0.1) is 0 Å². The Bertz CT molecular complexity index is 107. The van der Waals surface area contributed by atoms with Gasteiger partial charge in [-0.2, -0.15) is 0 Å². The van der Waals surface area contributed by atoms with E-state index in [1.165, 1.54) is 37.4 Å². The van der Waals surface area contributed by atoms with Gasteiger partial charge in [0.15, 0.2) is 5.34 Å². The first kappa shape index (κ1) is 14.6. The molecule has 0 fully saturated rings. The molecule has 0 aromatic rings. The number of unbranched alkanes of at least 4 members (excludes halogenated alkanes) is 6. The Morgan fingerprint density at radius 3 is 2.08 bits per heavy atom. The van der Waals surface area contributed by atoms with Gasteiger partial charge in [-0.15, -0.1) is 4.91 Å². The first-order valence-electron chi connectivity index (χ1n) is 4.73. The molecule has 0 saturated carbocycles. The third-order valence-electron chi connectivity index (χ3n) is 1.68. The molecule has 0 amide bonds. The van der Waals surface area contributed by atoms with Gasteiger partial charge < -0.3 is 10.0 Å². The first-order chi connectivity index (χ1) is 6.33. The van der Waals surface area contributed by atoms with Gasteiger partial charge in [-0.25, -0.2) is 0 Å². The van der Waals surface area contributed by atoms with Gasteiger partial charge in [-0.1, -0.05) is 39.0 Å². The summed E-state index contributed by atoms with van der Waals surface area (Å²) in [6.45, 7) is 2.21. The second kappa shape index (κ2) is 17.2. The lowest BCUT2D eigenvalue weighted by atomic mass is 10.1. The summed E-state index contributed by atoms with van der Waals surface area (Å²) in [4.78, 5) is 18.0. The SMILES string of the molecule is CCCCCCCCC=O.O=NO. The first-order valence-corrected chi connectivity index (χ1v) is 4.73. The molecule has 0 rings (SSSR count). The Morgan fingerprint density at radius 2 is 1.62 bits per heavy atom. The van der Waals surface area contributed by atoms with E-state index in [1.807, 2.05) is 0 Å². The Morgan fingerprint density at radius 1 is 1.15 bits per heavy atom. The van der Waals surface area contributed by atoms with E-state index in [2.05, 4.69) is 6.92 Å². The molecular formula is C9H19NO3. The molecule has 0 radical (unpaired) electrons. The van der Waals surface area contributed by atoms with Crippen molar-refractivity contribution in [2.75, 3.05) is 0 Å². The summed E-state index contributed by atoms with van der Waals surface area (Å²) >= 11 is 0. The Hall–Kier alpha value is -0.930. The maximum absolute atomic E-state index is 9.89. The van der Waals surface area contributed by atoms with Crippen molar-refractivity contribution in [1.29, 1.82) is 0 Å². The van der Waals surface area contributed by atoms with Gasteiger partial charge >= 0.3 is 0 Å². The minimum absolute atomic E-state index is 0.756. The minimum atomic E-state index is 0.756. The highest BCUT2D eigenvalue weighted by Crippen LogP contribution is 2.05. The molecule has 0 aliphatic carbocycles. The Labute approximate surface area is 79.3 Å². The predicted octanol–water partition coefficient (Wildman–Crippen LogP) is 3.08.